The fourth-order valence-corrected chi connectivity index (χ4v) is 3.55. The molecule has 0 unspecified atom stereocenters. The van der Waals surface area contributed by atoms with Gasteiger partial charge in [-0.15, -0.1) is 0 Å². The van der Waals surface area contributed by atoms with Crippen molar-refractivity contribution < 1.29 is 9.47 Å². The Morgan fingerprint density at radius 3 is 2.00 bits per heavy atom. The van der Waals surface area contributed by atoms with Crippen molar-refractivity contribution in [2.45, 2.75) is 53.0 Å². The highest BCUT2D eigenvalue weighted by Crippen LogP contribution is 2.16. The standard InChI is InChI=1S/C24H42N2O2/c1-21(2)6-5-16-27-18-19-28-17-15-25-11-13-26(14-12-25)20-23-7-9-24(10-8-23)22(3)4/h7-10,21-22H,5-6,11-20H2,1-4H3. The minimum Gasteiger partial charge on any atom is -0.379 e. The highest BCUT2D eigenvalue weighted by Gasteiger charge is 2.16. The zero-order chi connectivity index (χ0) is 20.2. The molecule has 2 rings (SSSR count). The van der Waals surface area contributed by atoms with Crippen LogP contribution in [0.1, 0.15) is 57.6 Å². The van der Waals surface area contributed by atoms with Crippen LogP contribution in [0.4, 0.5) is 0 Å². The van der Waals surface area contributed by atoms with E-state index in [-0.39, 0.29) is 0 Å². The summed E-state index contributed by atoms with van der Waals surface area (Å²) in [5.41, 5.74) is 2.85. The Balaban J connectivity index is 1.48. The summed E-state index contributed by atoms with van der Waals surface area (Å²) >= 11 is 0. The number of piperazine rings is 1. The summed E-state index contributed by atoms with van der Waals surface area (Å²) in [5, 5.41) is 0. The van der Waals surface area contributed by atoms with Gasteiger partial charge in [0.05, 0.1) is 19.8 Å². The van der Waals surface area contributed by atoms with E-state index in [0.29, 0.717) is 12.5 Å². The predicted molar refractivity (Wildman–Crippen MR) is 118 cm³/mol. The molecular weight excluding hydrogens is 348 g/mol. The van der Waals surface area contributed by atoms with E-state index in [9.17, 15) is 0 Å². The number of hydrogen-bond acceptors (Lipinski definition) is 4. The van der Waals surface area contributed by atoms with Crippen molar-refractivity contribution in [2.75, 3.05) is 59.2 Å². The third kappa shape index (κ3) is 9.51. The van der Waals surface area contributed by atoms with E-state index in [4.69, 9.17) is 9.47 Å². The smallest absolute Gasteiger partial charge is 0.0701 e. The highest BCUT2D eigenvalue weighted by molar-refractivity contribution is 5.24. The normalized spacial score (nSPS) is 16.4. The van der Waals surface area contributed by atoms with Gasteiger partial charge in [0, 0.05) is 45.9 Å². The van der Waals surface area contributed by atoms with Crippen LogP contribution in [0.5, 0.6) is 0 Å². The van der Waals surface area contributed by atoms with Gasteiger partial charge in [0.15, 0.2) is 0 Å². The monoisotopic (exact) mass is 390 g/mol. The van der Waals surface area contributed by atoms with Gasteiger partial charge in [0.25, 0.3) is 0 Å². The van der Waals surface area contributed by atoms with Gasteiger partial charge in [-0.3, -0.25) is 9.80 Å². The van der Waals surface area contributed by atoms with Crippen LogP contribution < -0.4 is 0 Å². The van der Waals surface area contributed by atoms with Crippen molar-refractivity contribution in [3.63, 3.8) is 0 Å². The zero-order valence-corrected chi connectivity index (χ0v) is 18.7. The van der Waals surface area contributed by atoms with Crippen molar-refractivity contribution in [1.82, 2.24) is 9.80 Å². The minimum atomic E-state index is 0.608. The van der Waals surface area contributed by atoms with Gasteiger partial charge in [0.1, 0.15) is 0 Å². The first-order valence-corrected chi connectivity index (χ1v) is 11.2. The zero-order valence-electron chi connectivity index (χ0n) is 18.7. The summed E-state index contributed by atoms with van der Waals surface area (Å²) in [6.07, 6.45) is 2.40. The maximum atomic E-state index is 5.74. The van der Waals surface area contributed by atoms with Crippen molar-refractivity contribution in [2.24, 2.45) is 5.92 Å². The van der Waals surface area contributed by atoms with Gasteiger partial charge >= 0.3 is 0 Å². The number of hydrogen-bond donors (Lipinski definition) is 0. The molecule has 0 saturated carbocycles. The van der Waals surface area contributed by atoms with Gasteiger partial charge in [-0.25, -0.2) is 0 Å². The van der Waals surface area contributed by atoms with Crippen LogP contribution in [0, 0.1) is 5.92 Å². The Kier molecular flexibility index (Phi) is 11.1. The summed E-state index contributed by atoms with van der Waals surface area (Å²) < 4.78 is 11.4. The predicted octanol–water partition coefficient (Wildman–Crippen LogP) is 4.40. The Morgan fingerprint density at radius 2 is 1.39 bits per heavy atom. The van der Waals surface area contributed by atoms with Gasteiger partial charge in [-0.05, 0) is 35.8 Å². The van der Waals surface area contributed by atoms with E-state index in [2.05, 4.69) is 61.8 Å². The Bertz CT molecular complexity index is 508. The molecule has 0 spiro atoms. The molecule has 0 aliphatic carbocycles. The first-order chi connectivity index (χ1) is 13.5. The van der Waals surface area contributed by atoms with Crippen molar-refractivity contribution in [1.29, 1.82) is 0 Å². The summed E-state index contributed by atoms with van der Waals surface area (Å²) in [6.45, 7) is 18.8. The molecule has 1 fully saturated rings. The second-order valence-corrected chi connectivity index (χ2v) is 8.77. The summed E-state index contributed by atoms with van der Waals surface area (Å²) in [6, 6.07) is 9.14. The van der Waals surface area contributed by atoms with E-state index in [1.165, 1.54) is 17.5 Å². The second kappa shape index (κ2) is 13.3. The number of nitrogens with zero attached hydrogens (tertiary/aromatic N) is 2. The fourth-order valence-electron chi connectivity index (χ4n) is 3.55. The maximum absolute atomic E-state index is 5.74. The van der Waals surface area contributed by atoms with Gasteiger partial charge in [0.2, 0.25) is 0 Å². The molecule has 0 N–H and O–H groups in total. The lowest BCUT2D eigenvalue weighted by atomic mass is 10.0. The Labute approximate surface area is 173 Å². The molecule has 1 aliphatic heterocycles. The first kappa shape index (κ1) is 23.3. The van der Waals surface area contributed by atoms with Gasteiger partial charge < -0.3 is 9.47 Å². The molecule has 0 amide bonds. The van der Waals surface area contributed by atoms with Crippen LogP contribution in [-0.4, -0.2) is 69.0 Å². The summed E-state index contributed by atoms with van der Waals surface area (Å²) in [5.74, 6) is 1.38. The molecule has 4 nitrogen and oxygen atoms in total. The number of benzene rings is 1. The molecule has 160 valence electrons. The second-order valence-electron chi connectivity index (χ2n) is 8.77. The molecule has 0 aromatic heterocycles. The lowest BCUT2D eigenvalue weighted by Crippen LogP contribution is -2.46. The molecule has 1 aromatic carbocycles. The van der Waals surface area contributed by atoms with Crippen LogP contribution >= 0.6 is 0 Å². The summed E-state index contributed by atoms with van der Waals surface area (Å²) in [7, 11) is 0. The van der Waals surface area contributed by atoms with Crippen LogP contribution in [0.3, 0.4) is 0 Å². The van der Waals surface area contributed by atoms with E-state index in [1.54, 1.807) is 0 Å². The molecular formula is C24H42N2O2. The van der Waals surface area contributed by atoms with Crippen molar-refractivity contribution in [3.05, 3.63) is 35.4 Å². The lowest BCUT2D eigenvalue weighted by molar-refractivity contribution is 0.0298. The van der Waals surface area contributed by atoms with Crippen LogP contribution in [-0.2, 0) is 16.0 Å². The Hall–Kier alpha value is -0.940. The van der Waals surface area contributed by atoms with Crippen molar-refractivity contribution >= 4 is 0 Å². The molecule has 1 saturated heterocycles. The molecule has 0 bridgehead atoms. The van der Waals surface area contributed by atoms with E-state index in [1.807, 2.05) is 0 Å². The SMILES string of the molecule is CC(C)CCCOCCOCCN1CCN(Cc2ccc(C(C)C)cc2)CC1. The minimum absolute atomic E-state index is 0.608. The van der Waals surface area contributed by atoms with Gasteiger partial charge in [-0.1, -0.05) is 52.0 Å². The van der Waals surface area contributed by atoms with E-state index < -0.39 is 0 Å². The molecule has 0 atom stereocenters. The molecule has 1 aromatic rings. The maximum Gasteiger partial charge on any atom is 0.0701 e. The number of rotatable bonds is 13. The average molecular weight is 391 g/mol. The topological polar surface area (TPSA) is 24.9 Å². The Morgan fingerprint density at radius 1 is 0.786 bits per heavy atom. The van der Waals surface area contributed by atoms with Crippen molar-refractivity contribution in [3.8, 4) is 0 Å². The lowest BCUT2D eigenvalue weighted by Gasteiger charge is -2.34. The largest absolute Gasteiger partial charge is 0.379 e. The molecule has 1 heterocycles. The first-order valence-electron chi connectivity index (χ1n) is 11.2. The van der Waals surface area contributed by atoms with Gasteiger partial charge in [-0.2, -0.15) is 0 Å². The third-order valence-electron chi connectivity index (χ3n) is 5.51. The van der Waals surface area contributed by atoms with Crippen LogP contribution in [0.25, 0.3) is 0 Å². The molecule has 4 heteroatoms. The average Bonchev–Trinajstić information content (AvgIpc) is 2.68. The third-order valence-corrected chi connectivity index (χ3v) is 5.51. The molecule has 28 heavy (non-hydrogen) atoms. The van der Waals surface area contributed by atoms with E-state index in [0.717, 1.165) is 71.4 Å². The van der Waals surface area contributed by atoms with E-state index >= 15 is 0 Å². The van der Waals surface area contributed by atoms with Crippen LogP contribution in [0.2, 0.25) is 0 Å². The quantitative estimate of drug-likeness (QED) is 0.466. The van der Waals surface area contributed by atoms with Crippen LogP contribution in [0.15, 0.2) is 24.3 Å². The molecule has 0 radical (unpaired) electrons. The summed E-state index contributed by atoms with van der Waals surface area (Å²) in [4.78, 5) is 5.08. The molecule has 1 aliphatic rings. The fraction of sp³-hybridized carbons (Fsp3) is 0.750. The number of ether oxygens (including phenoxy) is 2. The highest BCUT2D eigenvalue weighted by atomic mass is 16.5.